The smallest absolute Gasteiger partial charge is 0.409 e. The average Bonchev–Trinajstić information content (AvgIpc) is 3.07. The van der Waals surface area contributed by atoms with Crippen molar-refractivity contribution in [2.24, 2.45) is 5.92 Å². The molecule has 256 valence electrons. The lowest BCUT2D eigenvalue weighted by Gasteiger charge is -2.35. The molecule has 4 rings (SSSR count). The minimum atomic E-state index is -1.14. The van der Waals surface area contributed by atoms with Crippen LogP contribution in [-0.2, 0) is 23.9 Å². The molecule has 0 aliphatic carbocycles. The molecule has 0 bridgehead atoms. The molecule has 0 unspecified atom stereocenters. The van der Waals surface area contributed by atoms with Gasteiger partial charge in [0.25, 0.3) is 11.8 Å². The minimum absolute atomic E-state index is 0.0467. The Labute approximate surface area is 274 Å². The van der Waals surface area contributed by atoms with Crippen molar-refractivity contribution >= 4 is 40.7 Å². The lowest BCUT2D eigenvalue weighted by Crippen LogP contribution is -2.56. The summed E-state index contributed by atoms with van der Waals surface area (Å²) in [6.07, 6.45) is 0.694. The SMILES string of the molecule is CCOC(=O)N1CCN(C(=O)[C@H](CCC(=O)O)NC(=O)c2cc(OCC(=O)N3CCC(OCC(C)C)CC3)c3ccccc3n2)CC1. The molecule has 0 radical (unpaired) electrons. The van der Waals surface area contributed by atoms with Crippen LogP contribution in [-0.4, -0.2) is 126 Å². The number of carboxylic acids is 1. The third-order valence-electron chi connectivity index (χ3n) is 8.09. The summed E-state index contributed by atoms with van der Waals surface area (Å²) in [4.78, 5) is 72.6. The molecule has 0 spiro atoms. The van der Waals surface area contributed by atoms with Gasteiger partial charge in [0.2, 0.25) is 5.91 Å². The van der Waals surface area contributed by atoms with Gasteiger partial charge in [-0.05, 0) is 44.2 Å². The van der Waals surface area contributed by atoms with E-state index in [1.54, 1.807) is 36.1 Å². The molecular formula is C33H45N5O9. The molecular weight excluding hydrogens is 610 g/mol. The predicted molar refractivity (Wildman–Crippen MR) is 171 cm³/mol. The van der Waals surface area contributed by atoms with Gasteiger partial charge in [-0.25, -0.2) is 9.78 Å². The number of rotatable bonds is 13. The number of piperazine rings is 1. The van der Waals surface area contributed by atoms with E-state index in [2.05, 4.69) is 24.1 Å². The zero-order chi connectivity index (χ0) is 33.9. The molecule has 4 amide bonds. The number of amides is 4. The van der Waals surface area contributed by atoms with Crippen molar-refractivity contribution in [3.05, 3.63) is 36.0 Å². The number of pyridine rings is 1. The Morgan fingerprint density at radius 1 is 0.979 bits per heavy atom. The summed E-state index contributed by atoms with van der Waals surface area (Å²) in [5, 5.41) is 12.6. The van der Waals surface area contributed by atoms with Gasteiger partial charge in [0.05, 0.1) is 18.2 Å². The average molecular weight is 656 g/mol. The summed E-state index contributed by atoms with van der Waals surface area (Å²) in [6, 6.07) is 7.32. The molecule has 0 saturated carbocycles. The maximum absolute atomic E-state index is 13.5. The maximum atomic E-state index is 13.5. The zero-order valence-electron chi connectivity index (χ0n) is 27.3. The molecule has 3 heterocycles. The van der Waals surface area contributed by atoms with Crippen LogP contribution in [0.2, 0.25) is 0 Å². The van der Waals surface area contributed by atoms with Crippen LogP contribution >= 0.6 is 0 Å². The molecule has 47 heavy (non-hydrogen) atoms. The van der Waals surface area contributed by atoms with Crippen molar-refractivity contribution in [2.75, 3.05) is 59.1 Å². The normalized spacial score (nSPS) is 16.2. The Morgan fingerprint density at radius 2 is 1.66 bits per heavy atom. The van der Waals surface area contributed by atoms with E-state index in [0.717, 1.165) is 12.8 Å². The van der Waals surface area contributed by atoms with Crippen molar-refractivity contribution in [3.8, 4) is 5.75 Å². The van der Waals surface area contributed by atoms with Crippen LogP contribution in [0.25, 0.3) is 10.9 Å². The van der Waals surface area contributed by atoms with Gasteiger partial charge in [-0.1, -0.05) is 26.0 Å². The van der Waals surface area contributed by atoms with Crippen LogP contribution < -0.4 is 10.1 Å². The van der Waals surface area contributed by atoms with E-state index in [9.17, 15) is 29.1 Å². The van der Waals surface area contributed by atoms with Crippen molar-refractivity contribution in [1.82, 2.24) is 25.0 Å². The summed E-state index contributed by atoms with van der Waals surface area (Å²) >= 11 is 0. The molecule has 2 fully saturated rings. The van der Waals surface area contributed by atoms with Crippen molar-refractivity contribution < 1.29 is 43.3 Å². The fraction of sp³-hybridized carbons (Fsp3) is 0.576. The standard InChI is InChI=1S/C33H45N5O9/c1-4-45-33(44)38-17-15-37(16-18-38)32(43)26(9-10-30(40)41)35-31(42)27-19-28(24-7-5-6-8-25(24)34-27)47-21-29(39)36-13-11-23(12-14-36)46-20-22(2)3/h5-8,19,22-23,26H,4,9-18,20-21H2,1-3H3,(H,35,42)(H,40,41)/t26-/m0/s1. The minimum Gasteiger partial charge on any atom is -0.483 e. The number of benzene rings is 1. The molecule has 2 aliphatic rings. The highest BCUT2D eigenvalue weighted by atomic mass is 16.6. The first kappa shape index (κ1) is 35.4. The number of carbonyl (C=O) groups excluding carboxylic acids is 4. The topological polar surface area (TPSA) is 168 Å². The third-order valence-corrected chi connectivity index (χ3v) is 8.09. The first-order valence-corrected chi connectivity index (χ1v) is 16.2. The predicted octanol–water partition coefficient (Wildman–Crippen LogP) is 2.54. The van der Waals surface area contributed by atoms with Crippen LogP contribution in [0, 0.1) is 5.92 Å². The monoisotopic (exact) mass is 655 g/mol. The van der Waals surface area contributed by atoms with E-state index in [1.807, 2.05) is 0 Å². The third kappa shape index (κ3) is 10.0. The van der Waals surface area contributed by atoms with Crippen LogP contribution in [0.4, 0.5) is 4.79 Å². The van der Waals surface area contributed by atoms with E-state index in [1.165, 1.54) is 15.9 Å². The van der Waals surface area contributed by atoms with Crippen molar-refractivity contribution in [2.45, 2.75) is 58.6 Å². The second-order valence-corrected chi connectivity index (χ2v) is 12.1. The number of nitrogens with one attached hydrogen (secondary N) is 1. The molecule has 2 aromatic rings. The van der Waals surface area contributed by atoms with Gasteiger partial charge in [-0.3, -0.25) is 19.2 Å². The maximum Gasteiger partial charge on any atom is 0.409 e. The van der Waals surface area contributed by atoms with Gasteiger partial charge < -0.3 is 39.3 Å². The summed E-state index contributed by atoms with van der Waals surface area (Å²) in [5.74, 6) is -1.70. The first-order valence-electron chi connectivity index (χ1n) is 16.2. The number of aromatic nitrogens is 1. The van der Waals surface area contributed by atoms with Gasteiger partial charge in [0, 0.05) is 63.7 Å². The molecule has 2 saturated heterocycles. The van der Waals surface area contributed by atoms with Gasteiger partial charge in [-0.15, -0.1) is 0 Å². The molecule has 1 aromatic heterocycles. The Bertz CT molecular complexity index is 1420. The highest BCUT2D eigenvalue weighted by Gasteiger charge is 2.31. The summed E-state index contributed by atoms with van der Waals surface area (Å²) in [7, 11) is 0. The number of hydrogen-bond donors (Lipinski definition) is 2. The van der Waals surface area contributed by atoms with Crippen LogP contribution in [0.5, 0.6) is 5.75 Å². The van der Waals surface area contributed by atoms with Crippen molar-refractivity contribution in [3.63, 3.8) is 0 Å². The summed E-state index contributed by atoms with van der Waals surface area (Å²) < 4.78 is 16.9. The second kappa shape index (κ2) is 16.9. The zero-order valence-corrected chi connectivity index (χ0v) is 27.3. The number of likely N-dealkylation sites (tertiary alicyclic amines) is 1. The van der Waals surface area contributed by atoms with Crippen LogP contribution in [0.15, 0.2) is 30.3 Å². The van der Waals surface area contributed by atoms with E-state index < -0.39 is 29.9 Å². The van der Waals surface area contributed by atoms with E-state index in [-0.39, 0.29) is 75.7 Å². The molecule has 1 atom stereocenters. The molecule has 1 aromatic carbocycles. The number of carbonyl (C=O) groups is 5. The van der Waals surface area contributed by atoms with E-state index in [4.69, 9.17) is 14.2 Å². The van der Waals surface area contributed by atoms with Crippen molar-refractivity contribution in [1.29, 1.82) is 0 Å². The number of nitrogens with zero attached hydrogens (tertiary/aromatic N) is 4. The molecule has 2 N–H and O–H groups in total. The van der Waals surface area contributed by atoms with Gasteiger partial charge in [0.1, 0.15) is 17.5 Å². The van der Waals surface area contributed by atoms with Gasteiger partial charge >= 0.3 is 12.1 Å². The largest absolute Gasteiger partial charge is 0.483 e. The fourth-order valence-corrected chi connectivity index (χ4v) is 5.51. The molecule has 2 aliphatic heterocycles. The van der Waals surface area contributed by atoms with Gasteiger partial charge in [0.15, 0.2) is 6.61 Å². The fourth-order valence-electron chi connectivity index (χ4n) is 5.51. The molecule has 14 heteroatoms. The summed E-state index contributed by atoms with van der Waals surface area (Å²) in [6.45, 7) is 8.66. The number of ether oxygens (including phenoxy) is 3. The van der Waals surface area contributed by atoms with Gasteiger partial charge in [-0.2, -0.15) is 0 Å². The molecule has 14 nitrogen and oxygen atoms in total. The highest BCUT2D eigenvalue weighted by molar-refractivity contribution is 5.99. The second-order valence-electron chi connectivity index (χ2n) is 12.1. The lowest BCUT2D eigenvalue weighted by molar-refractivity contribution is -0.138. The van der Waals surface area contributed by atoms with E-state index in [0.29, 0.717) is 36.5 Å². The quantitative estimate of drug-likeness (QED) is 0.327. The number of aliphatic carboxylic acids is 1. The number of fused-ring (bicyclic) bond motifs is 1. The highest BCUT2D eigenvalue weighted by Crippen LogP contribution is 2.26. The Kier molecular flexibility index (Phi) is 12.7. The Hall–Kier alpha value is -4.46. The van der Waals surface area contributed by atoms with E-state index >= 15 is 0 Å². The Morgan fingerprint density at radius 3 is 2.32 bits per heavy atom. The van der Waals surface area contributed by atoms with Crippen LogP contribution in [0.1, 0.15) is 56.9 Å². The summed E-state index contributed by atoms with van der Waals surface area (Å²) in [5.41, 5.74) is 0.406. The Balaban J connectivity index is 1.42. The number of piperidine rings is 1. The van der Waals surface area contributed by atoms with Crippen LogP contribution in [0.3, 0.4) is 0 Å². The number of carboxylic acid groups (broad SMARTS) is 1. The number of hydrogen-bond acceptors (Lipinski definition) is 9. The lowest BCUT2D eigenvalue weighted by atomic mass is 10.1. The first-order chi connectivity index (χ1) is 22.5. The number of para-hydroxylation sites is 1.